The molecule has 11 heteroatoms. The minimum absolute atomic E-state index is 0.0578. The summed E-state index contributed by atoms with van der Waals surface area (Å²) in [6, 6.07) is 10.2. The third-order valence-corrected chi connectivity index (χ3v) is 7.13. The van der Waals surface area contributed by atoms with Crippen LogP contribution in [0.2, 0.25) is 0 Å². The molecule has 1 saturated heterocycles. The molecule has 2 amide bonds. The molecule has 0 unspecified atom stereocenters. The molecule has 9 nitrogen and oxygen atoms in total. The number of carbonyl (C=O) groups excluding carboxylic acids is 2. The molecule has 1 fully saturated rings. The normalized spacial score (nSPS) is 14.7. The van der Waals surface area contributed by atoms with Crippen LogP contribution in [0.15, 0.2) is 59.8 Å². The molecule has 0 bridgehead atoms. The highest BCUT2D eigenvalue weighted by atomic mass is 32.2. The first kappa shape index (κ1) is 22.6. The van der Waals surface area contributed by atoms with E-state index in [0.717, 1.165) is 4.31 Å². The van der Waals surface area contributed by atoms with Crippen molar-refractivity contribution in [3.8, 4) is 5.69 Å². The van der Waals surface area contributed by atoms with E-state index in [-0.39, 0.29) is 42.5 Å². The number of nitrogens with one attached hydrogen (secondary N) is 2. The summed E-state index contributed by atoms with van der Waals surface area (Å²) in [6.07, 6.45) is 3.24. The van der Waals surface area contributed by atoms with Crippen molar-refractivity contribution in [1.29, 1.82) is 0 Å². The van der Waals surface area contributed by atoms with Gasteiger partial charge in [-0.2, -0.15) is 4.31 Å². The molecule has 1 aliphatic heterocycles. The lowest BCUT2D eigenvalue weighted by atomic mass is 10.1. The number of amides is 2. The van der Waals surface area contributed by atoms with Crippen LogP contribution in [0.5, 0.6) is 0 Å². The summed E-state index contributed by atoms with van der Waals surface area (Å²) in [6.45, 7) is 1.95. The summed E-state index contributed by atoms with van der Waals surface area (Å²) in [5.74, 6) is -0.685. The van der Waals surface area contributed by atoms with E-state index in [1.54, 1.807) is 36.0 Å². The zero-order valence-electron chi connectivity index (χ0n) is 17.8. The molecule has 1 aliphatic rings. The Balaban J connectivity index is 1.46. The summed E-state index contributed by atoms with van der Waals surface area (Å²) >= 11 is 0. The van der Waals surface area contributed by atoms with Gasteiger partial charge >= 0.3 is 0 Å². The van der Waals surface area contributed by atoms with Gasteiger partial charge in [-0.15, -0.1) is 0 Å². The van der Waals surface area contributed by atoms with Crippen molar-refractivity contribution >= 4 is 21.8 Å². The first-order valence-electron chi connectivity index (χ1n) is 10.2. The Kier molecular flexibility index (Phi) is 6.25. The zero-order chi connectivity index (χ0) is 23.6. The maximum absolute atomic E-state index is 14.6. The van der Waals surface area contributed by atoms with Gasteiger partial charge in [0.05, 0.1) is 17.1 Å². The Hall–Kier alpha value is -3.57. The van der Waals surface area contributed by atoms with Crippen molar-refractivity contribution in [3.05, 3.63) is 77.6 Å². The standard InChI is InChI=1S/C22H22FN5O4S/c1-15-24-8-10-28(15)20-6-5-16(11-19(20)23)13-26-22(30)17-3-2-4-18(12-17)33(31,32)27-9-7-25-21(29)14-27/h2-6,8,10-12H,7,9,13-14H2,1H3,(H,25,29)(H,26,30). The van der Waals surface area contributed by atoms with E-state index >= 15 is 0 Å². The predicted molar refractivity (Wildman–Crippen MR) is 118 cm³/mol. The fourth-order valence-corrected chi connectivity index (χ4v) is 4.98. The topological polar surface area (TPSA) is 113 Å². The molecule has 4 rings (SSSR count). The molecule has 0 radical (unpaired) electrons. The number of piperazine rings is 1. The van der Waals surface area contributed by atoms with Crippen LogP contribution in [-0.4, -0.2) is 53.7 Å². The van der Waals surface area contributed by atoms with Crippen LogP contribution in [0.1, 0.15) is 21.7 Å². The van der Waals surface area contributed by atoms with Crippen LogP contribution in [-0.2, 0) is 21.4 Å². The summed E-state index contributed by atoms with van der Waals surface area (Å²) < 4.78 is 43.0. The van der Waals surface area contributed by atoms with Gasteiger partial charge in [0.25, 0.3) is 5.91 Å². The predicted octanol–water partition coefficient (Wildman–Crippen LogP) is 1.37. The molecule has 33 heavy (non-hydrogen) atoms. The van der Waals surface area contributed by atoms with Gasteiger partial charge in [-0.25, -0.2) is 17.8 Å². The highest BCUT2D eigenvalue weighted by Gasteiger charge is 2.29. The van der Waals surface area contributed by atoms with Gasteiger partial charge in [-0.1, -0.05) is 12.1 Å². The van der Waals surface area contributed by atoms with Gasteiger partial charge < -0.3 is 15.2 Å². The molecule has 3 aromatic rings. The Morgan fingerprint density at radius 3 is 2.76 bits per heavy atom. The van der Waals surface area contributed by atoms with Crippen LogP contribution in [0.3, 0.4) is 0 Å². The van der Waals surface area contributed by atoms with Crippen LogP contribution in [0, 0.1) is 12.7 Å². The fourth-order valence-electron chi connectivity index (χ4n) is 3.54. The van der Waals surface area contributed by atoms with Crippen molar-refractivity contribution in [2.75, 3.05) is 19.6 Å². The van der Waals surface area contributed by atoms with Gasteiger partial charge in [0.2, 0.25) is 15.9 Å². The van der Waals surface area contributed by atoms with Crippen molar-refractivity contribution in [2.45, 2.75) is 18.4 Å². The van der Waals surface area contributed by atoms with Crippen molar-refractivity contribution in [3.63, 3.8) is 0 Å². The van der Waals surface area contributed by atoms with Crippen LogP contribution in [0.4, 0.5) is 4.39 Å². The molecular weight excluding hydrogens is 449 g/mol. The number of imidazole rings is 1. The number of sulfonamides is 1. The van der Waals surface area contributed by atoms with E-state index < -0.39 is 21.7 Å². The Morgan fingerprint density at radius 1 is 1.24 bits per heavy atom. The highest BCUT2D eigenvalue weighted by Crippen LogP contribution is 2.19. The van der Waals surface area contributed by atoms with E-state index in [1.165, 1.54) is 30.3 Å². The number of aryl methyl sites for hydroxylation is 1. The second-order valence-electron chi connectivity index (χ2n) is 7.53. The van der Waals surface area contributed by atoms with Gasteiger partial charge in [0.15, 0.2) is 0 Å². The Labute approximate surface area is 190 Å². The largest absolute Gasteiger partial charge is 0.354 e. The van der Waals surface area contributed by atoms with Crippen LogP contribution in [0.25, 0.3) is 5.69 Å². The SMILES string of the molecule is Cc1nccn1-c1ccc(CNC(=O)c2cccc(S(=O)(=O)N3CCNC(=O)C3)c2)cc1F. The minimum Gasteiger partial charge on any atom is -0.354 e. The van der Waals surface area contributed by atoms with E-state index in [0.29, 0.717) is 17.1 Å². The first-order chi connectivity index (χ1) is 15.8. The van der Waals surface area contributed by atoms with E-state index in [1.807, 2.05) is 0 Å². The van der Waals surface area contributed by atoms with E-state index in [2.05, 4.69) is 15.6 Å². The molecule has 2 N–H and O–H groups in total. The van der Waals surface area contributed by atoms with Gasteiger partial charge in [0, 0.05) is 37.6 Å². The molecule has 2 aromatic carbocycles. The number of benzene rings is 2. The third kappa shape index (κ3) is 4.78. The summed E-state index contributed by atoms with van der Waals surface area (Å²) in [5, 5.41) is 5.25. The minimum atomic E-state index is -3.92. The van der Waals surface area contributed by atoms with Crippen molar-refractivity contribution in [1.82, 2.24) is 24.5 Å². The molecule has 2 heterocycles. The maximum atomic E-state index is 14.6. The Bertz CT molecular complexity index is 1320. The third-order valence-electron chi connectivity index (χ3n) is 5.29. The van der Waals surface area contributed by atoms with Crippen LogP contribution >= 0.6 is 0 Å². The smallest absolute Gasteiger partial charge is 0.251 e. The summed E-state index contributed by atoms with van der Waals surface area (Å²) in [4.78, 5) is 28.2. The van der Waals surface area contributed by atoms with Crippen molar-refractivity contribution < 1.29 is 22.4 Å². The maximum Gasteiger partial charge on any atom is 0.251 e. The van der Waals surface area contributed by atoms with E-state index in [4.69, 9.17) is 0 Å². The molecule has 1 aromatic heterocycles. The fraction of sp³-hybridized carbons (Fsp3) is 0.227. The number of aromatic nitrogens is 2. The molecule has 0 atom stereocenters. The number of halogens is 1. The lowest BCUT2D eigenvalue weighted by molar-refractivity contribution is -0.122. The lowest BCUT2D eigenvalue weighted by Gasteiger charge is -2.26. The lowest BCUT2D eigenvalue weighted by Crippen LogP contribution is -2.49. The second kappa shape index (κ2) is 9.12. The highest BCUT2D eigenvalue weighted by molar-refractivity contribution is 7.89. The number of nitrogens with zero attached hydrogens (tertiary/aromatic N) is 3. The number of hydrogen-bond acceptors (Lipinski definition) is 5. The number of hydrogen-bond donors (Lipinski definition) is 2. The summed E-state index contributed by atoms with van der Waals surface area (Å²) in [5.41, 5.74) is 1.04. The second-order valence-corrected chi connectivity index (χ2v) is 9.47. The quantitative estimate of drug-likeness (QED) is 0.564. The first-order valence-corrected chi connectivity index (χ1v) is 11.6. The monoisotopic (exact) mass is 471 g/mol. The molecule has 172 valence electrons. The van der Waals surface area contributed by atoms with E-state index in [9.17, 15) is 22.4 Å². The molecular formula is C22H22FN5O4S. The molecule has 0 aliphatic carbocycles. The zero-order valence-corrected chi connectivity index (χ0v) is 18.6. The number of rotatable bonds is 6. The van der Waals surface area contributed by atoms with Gasteiger partial charge in [-0.3, -0.25) is 9.59 Å². The average Bonchev–Trinajstić information content (AvgIpc) is 3.23. The van der Waals surface area contributed by atoms with Gasteiger partial charge in [0.1, 0.15) is 11.6 Å². The summed E-state index contributed by atoms with van der Waals surface area (Å²) in [7, 11) is -3.92. The van der Waals surface area contributed by atoms with Crippen LogP contribution < -0.4 is 10.6 Å². The molecule has 0 spiro atoms. The van der Waals surface area contributed by atoms with Crippen molar-refractivity contribution in [2.24, 2.45) is 0 Å². The van der Waals surface area contributed by atoms with Gasteiger partial charge in [-0.05, 0) is 42.8 Å². The number of carbonyl (C=O) groups is 2. The molecule has 0 saturated carbocycles. The Morgan fingerprint density at radius 2 is 2.06 bits per heavy atom. The average molecular weight is 472 g/mol.